The second-order valence-electron chi connectivity index (χ2n) is 5.65. The normalized spacial score (nSPS) is 14.9. The largest absolute Gasteiger partial charge is 0.476 e. The van der Waals surface area contributed by atoms with Crippen LogP contribution in [0.2, 0.25) is 5.02 Å². The highest BCUT2D eigenvalue weighted by molar-refractivity contribution is 6.30. The number of anilines is 1. The van der Waals surface area contributed by atoms with E-state index in [0.717, 1.165) is 32.8 Å². The lowest BCUT2D eigenvalue weighted by Crippen LogP contribution is -2.38. The molecule has 0 unspecified atom stereocenters. The van der Waals surface area contributed by atoms with E-state index in [-0.39, 0.29) is 5.91 Å². The zero-order valence-electron chi connectivity index (χ0n) is 13.8. The summed E-state index contributed by atoms with van der Waals surface area (Å²) < 4.78 is 11.0. The van der Waals surface area contributed by atoms with Crippen molar-refractivity contribution in [3.05, 3.63) is 53.2 Å². The van der Waals surface area contributed by atoms with Gasteiger partial charge in [0.25, 0.3) is 5.91 Å². The third kappa shape index (κ3) is 5.42. The van der Waals surface area contributed by atoms with Gasteiger partial charge in [-0.25, -0.2) is 4.98 Å². The molecule has 132 valence electrons. The van der Waals surface area contributed by atoms with E-state index in [0.29, 0.717) is 28.8 Å². The molecule has 1 N–H and O–H groups in total. The van der Waals surface area contributed by atoms with Gasteiger partial charge in [-0.15, -0.1) is 0 Å². The van der Waals surface area contributed by atoms with Crippen LogP contribution in [0.5, 0.6) is 5.88 Å². The van der Waals surface area contributed by atoms with Crippen molar-refractivity contribution in [1.82, 2.24) is 9.88 Å². The molecule has 2 aromatic rings. The summed E-state index contributed by atoms with van der Waals surface area (Å²) in [4.78, 5) is 18.6. The smallest absolute Gasteiger partial charge is 0.255 e. The zero-order chi connectivity index (χ0) is 17.5. The number of halogens is 1. The van der Waals surface area contributed by atoms with E-state index in [2.05, 4.69) is 15.2 Å². The van der Waals surface area contributed by atoms with Crippen LogP contribution in [-0.2, 0) is 4.74 Å². The van der Waals surface area contributed by atoms with Crippen LogP contribution in [0, 0.1) is 0 Å². The number of carbonyl (C=O) groups is 1. The highest BCUT2D eigenvalue weighted by Gasteiger charge is 2.10. The molecule has 0 radical (unpaired) electrons. The van der Waals surface area contributed by atoms with Gasteiger partial charge in [0.15, 0.2) is 0 Å². The minimum atomic E-state index is -0.209. The van der Waals surface area contributed by atoms with E-state index in [1.165, 1.54) is 0 Å². The molecule has 2 heterocycles. The van der Waals surface area contributed by atoms with Gasteiger partial charge in [0.05, 0.1) is 25.1 Å². The van der Waals surface area contributed by atoms with Gasteiger partial charge in [-0.05, 0) is 30.3 Å². The number of hydrogen-bond donors (Lipinski definition) is 1. The molecule has 0 aliphatic carbocycles. The fraction of sp³-hybridized carbons (Fsp3) is 0.333. The van der Waals surface area contributed by atoms with E-state index >= 15 is 0 Å². The number of nitrogens with one attached hydrogen (secondary N) is 1. The first kappa shape index (κ1) is 17.7. The van der Waals surface area contributed by atoms with E-state index in [9.17, 15) is 4.79 Å². The van der Waals surface area contributed by atoms with Crippen LogP contribution < -0.4 is 10.1 Å². The Balaban J connectivity index is 1.46. The summed E-state index contributed by atoms with van der Waals surface area (Å²) in [6.07, 6.45) is 1.58. The number of rotatable bonds is 6. The van der Waals surface area contributed by atoms with Gasteiger partial charge >= 0.3 is 0 Å². The van der Waals surface area contributed by atoms with Gasteiger partial charge < -0.3 is 14.8 Å². The Morgan fingerprint density at radius 1 is 1.20 bits per heavy atom. The third-order valence-electron chi connectivity index (χ3n) is 3.86. The number of morpholine rings is 1. The van der Waals surface area contributed by atoms with E-state index in [1.54, 1.807) is 42.6 Å². The van der Waals surface area contributed by atoms with Gasteiger partial charge in [-0.3, -0.25) is 9.69 Å². The lowest BCUT2D eigenvalue weighted by atomic mass is 10.2. The molecule has 25 heavy (non-hydrogen) atoms. The number of hydrogen-bond acceptors (Lipinski definition) is 5. The molecule has 1 aliphatic rings. The molecule has 1 saturated heterocycles. The van der Waals surface area contributed by atoms with Gasteiger partial charge in [0.2, 0.25) is 5.88 Å². The second kappa shape index (κ2) is 8.80. The van der Waals surface area contributed by atoms with Crippen LogP contribution >= 0.6 is 11.6 Å². The monoisotopic (exact) mass is 361 g/mol. The zero-order valence-corrected chi connectivity index (χ0v) is 14.5. The van der Waals surface area contributed by atoms with Crippen LogP contribution in [0.4, 0.5) is 5.69 Å². The Morgan fingerprint density at radius 3 is 2.64 bits per heavy atom. The number of amides is 1. The average Bonchev–Trinajstić information content (AvgIpc) is 2.64. The van der Waals surface area contributed by atoms with Gasteiger partial charge in [-0.2, -0.15) is 0 Å². The van der Waals surface area contributed by atoms with Gasteiger partial charge in [0, 0.05) is 36.3 Å². The van der Waals surface area contributed by atoms with Crippen molar-refractivity contribution in [3.8, 4) is 5.88 Å². The fourth-order valence-corrected chi connectivity index (χ4v) is 2.57. The third-order valence-corrected chi connectivity index (χ3v) is 4.11. The Kier molecular flexibility index (Phi) is 6.22. The topological polar surface area (TPSA) is 63.7 Å². The molecule has 7 heteroatoms. The molecule has 1 amide bonds. The molecule has 6 nitrogen and oxygen atoms in total. The molecule has 1 fully saturated rings. The number of ether oxygens (including phenoxy) is 2. The lowest BCUT2D eigenvalue weighted by molar-refractivity contribution is 0.0320. The summed E-state index contributed by atoms with van der Waals surface area (Å²) in [5.41, 5.74) is 1.15. The summed E-state index contributed by atoms with van der Waals surface area (Å²) in [5.74, 6) is 0.331. The van der Waals surface area contributed by atoms with E-state index < -0.39 is 0 Å². The summed E-state index contributed by atoms with van der Waals surface area (Å²) in [7, 11) is 0. The maximum absolute atomic E-state index is 12.1. The first-order valence-electron chi connectivity index (χ1n) is 8.16. The Morgan fingerprint density at radius 2 is 1.96 bits per heavy atom. The standard InChI is InChI=1S/C18H20ClN3O3/c19-15-3-1-14(2-4-15)18(23)21-16-5-6-17(20-13-16)25-12-9-22-7-10-24-11-8-22/h1-6,13H,7-12H2,(H,21,23). The van der Waals surface area contributed by atoms with Crippen molar-refractivity contribution in [2.75, 3.05) is 44.8 Å². The van der Waals surface area contributed by atoms with Crippen LogP contribution in [0.1, 0.15) is 10.4 Å². The van der Waals surface area contributed by atoms with Gasteiger partial charge in [0.1, 0.15) is 6.61 Å². The quantitative estimate of drug-likeness (QED) is 0.857. The van der Waals surface area contributed by atoms with Crippen LogP contribution in [-0.4, -0.2) is 55.2 Å². The second-order valence-corrected chi connectivity index (χ2v) is 6.09. The first-order chi connectivity index (χ1) is 12.2. The molecule has 1 aromatic carbocycles. The fourth-order valence-electron chi connectivity index (χ4n) is 2.45. The molecule has 1 aliphatic heterocycles. The van der Waals surface area contributed by atoms with E-state index in [1.807, 2.05) is 0 Å². The predicted molar refractivity (Wildman–Crippen MR) is 96.4 cm³/mol. The van der Waals surface area contributed by atoms with Crippen molar-refractivity contribution in [2.24, 2.45) is 0 Å². The Hall–Kier alpha value is -2.15. The first-order valence-corrected chi connectivity index (χ1v) is 8.54. The summed E-state index contributed by atoms with van der Waals surface area (Å²) in [6.45, 7) is 4.85. The summed E-state index contributed by atoms with van der Waals surface area (Å²) >= 11 is 5.82. The number of benzene rings is 1. The van der Waals surface area contributed by atoms with Crippen LogP contribution in [0.15, 0.2) is 42.6 Å². The number of carbonyl (C=O) groups excluding carboxylic acids is 1. The van der Waals surface area contributed by atoms with Crippen LogP contribution in [0.3, 0.4) is 0 Å². The highest BCUT2D eigenvalue weighted by Crippen LogP contribution is 2.14. The number of pyridine rings is 1. The molecule has 0 spiro atoms. The molecular weight excluding hydrogens is 342 g/mol. The van der Waals surface area contributed by atoms with Gasteiger partial charge in [-0.1, -0.05) is 11.6 Å². The van der Waals surface area contributed by atoms with Crippen molar-refractivity contribution in [2.45, 2.75) is 0 Å². The molecule has 3 rings (SSSR count). The summed E-state index contributed by atoms with van der Waals surface area (Å²) in [5, 5.41) is 3.38. The molecular formula is C18H20ClN3O3. The predicted octanol–water partition coefficient (Wildman–Crippen LogP) is 2.70. The van der Waals surface area contributed by atoms with Crippen molar-refractivity contribution < 1.29 is 14.3 Å². The Labute approximate surface area is 151 Å². The number of aromatic nitrogens is 1. The molecule has 0 bridgehead atoms. The van der Waals surface area contributed by atoms with E-state index in [4.69, 9.17) is 21.1 Å². The Bertz CT molecular complexity index is 686. The van der Waals surface area contributed by atoms with Crippen molar-refractivity contribution in [1.29, 1.82) is 0 Å². The molecule has 0 atom stereocenters. The maximum Gasteiger partial charge on any atom is 0.255 e. The summed E-state index contributed by atoms with van der Waals surface area (Å²) in [6, 6.07) is 10.2. The van der Waals surface area contributed by atoms with Crippen molar-refractivity contribution in [3.63, 3.8) is 0 Å². The minimum Gasteiger partial charge on any atom is -0.476 e. The highest BCUT2D eigenvalue weighted by atomic mass is 35.5. The van der Waals surface area contributed by atoms with Crippen LogP contribution in [0.25, 0.3) is 0 Å². The number of nitrogens with zero attached hydrogens (tertiary/aromatic N) is 2. The SMILES string of the molecule is O=C(Nc1ccc(OCCN2CCOCC2)nc1)c1ccc(Cl)cc1. The lowest BCUT2D eigenvalue weighted by Gasteiger charge is -2.26. The molecule has 0 saturated carbocycles. The average molecular weight is 362 g/mol. The van der Waals surface area contributed by atoms with Crippen molar-refractivity contribution >= 4 is 23.2 Å². The minimum absolute atomic E-state index is 0.209. The maximum atomic E-state index is 12.1. The molecule has 1 aromatic heterocycles.